The van der Waals surface area contributed by atoms with Gasteiger partial charge in [0.25, 0.3) is 5.89 Å². The molecular formula is C20H16ClN3O3. The molecule has 0 saturated heterocycles. The van der Waals surface area contributed by atoms with E-state index in [0.29, 0.717) is 23.7 Å². The molecule has 27 heavy (non-hydrogen) atoms. The summed E-state index contributed by atoms with van der Waals surface area (Å²) in [6.45, 7) is 2.36. The maximum atomic E-state index is 12.2. The maximum Gasteiger partial charge on any atom is 0.308 e. The van der Waals surface area contributed by atoms with Gasteiger partial charge in [-0.15, -0.1) is 10.2 Å². The summed E-state index contributed by atoms with van der Waals surface area (Å²) in [6, 6.07) is 15.1. The molecule has 6 nitrogen and oxygen atoms in total. The molecule has 2 aromatic heterocycles. The normalized spacial score (nSPS) is 11.0. The number of para-hydroxylation sites is 1. The fourth-order valence-corrected chi connectivity index (χ4v) is 2.96. The highest BCUT2D eigenvalue weighted by Gasteiger charge is 2.20. The zero-order valence-electron chi connectivity index (χ0n) is 14.5. The molecule has 1 N–H and O–H groups in total. The SMILES string of the molecule is Cc1c(-c2nnc(C(=O)NCCc3ccc(Cl)cc3)o2)oc2ccccc12. The molecule has 0 aliphatic heterocycles. The summed E-state index contributed by atoms with van der Waals surface area (Å²) in [7, 11) is 0. The summed E-state index contributed by atoms with van der Waals surface area (Å²) in [6.07, 6.45) is 0.673. The van der Waals surface area contributed by atoms with Gasteiger partial charge in [0.2, 0.25) is 0 Å². The lowest BCUT2D eigenvalue weighted by Crippen LogP contribution is -2.26. The number of hydrogen-bond acceptors (Lipinski definition) is 5. The molecule has 0 aliphatic rings. The van der Waals surface area contributed by atoms with Crippen LogP contribution in [-0.4, -0.2) is 22.6 Å². The predicted molar refractivity (Wildman–Crippen MR) is 102 cm³/mol. The van der Waals surface area contributed by atoms with E-state index in [1.807, 2.05) is 55.5 Å². The lowest BCUT2D eigenvalue weighted by Gasteiger charge is -2.02. The molecule has 4 aromatic rings. The number of aromatic nitrogens is 2. The Kier molecular flexibility index (Phi) is 4.64. The number of fused-ring (bicyclic) bond motifs is 1. The number of carbonyl (C=O) groups is 1. The Morgan fingerprint density at radius 1 is 1.07 bits per heavy atom. The third-order valence-electron chi connectivity index (χ3n) is 4.27. The summed E-state index contributed by atoms with van der Waals surface area (Å²) in [5.41, 5.74) is 2.70. The van der Waals surface area contributed by atoms with Crippen molar-refractivity contribution >= 4 is 28.5 Å². The van der Waals surface area contributed by atoms with Crippen molar-refractivity contribution in [3.05, 3.63) is 70.6 Å². The molecule has 1 amide bonds. The van der Waals surface area contributed by atoms with E-state index >= 15 is 0 Å². The molecule has 4 rings (SSSR count). The average molecular weight is 382 g/mol. The van der Waals surface area contributed by atoms with Crippen molar-refractivity contribution in [3.8, 4) is 11.7 Å². The largest absolute Gasteiger partial charge is 0.451 e. The number of rotatable bonds is 5. The van der Waals surface area contributed by atoms with Crippen LogP contribution in [0.5, 0.6) is 0 Å². The first-order valence-corrected chi connectivity index (χ1v) is 8.84. The molecule has 7 heteroatoms. The molecular weight excluding hydrogens is 366 g/mol. The van der Waals surface area contributed by atoms with Crippen molar-refractivity contribution in [2.75, 3.05) is 6.54 Å². The number of nitrogens with one attached hydrogen (secondary N) is 1. The van der Waals surface area contributed by atoms with Crippen LogP contribution < -0.4 is 5.32 Å². The third kappa shape index (κ3) is 3.57. The van der Waals surface area contributed by atoms with Crippen LogP contribution in [0.3, 0.4) is 0 Å². The summed E-state index contributed by atoms with van der Waals surface area (Å²) >= 11 is 5.86. The number of benzene rings is 2. The van der Waals surface area contributed by atoms with Crippen LogP contribution >= 0.6 is 11.6 Å². The van der Waals surface area contributed by atoms with E-state index in [4.69, 9.17) is 20.4 Å². The van der Waals surface area contributed by atoms with Gasteiger partial charge < -0.3 is 14.2 Å². The fraction of sp³-hybridized carbons (Fsp3) is 0.150. The van der Waals surface area contributed by atoms with Crippen LogP contribution in [0.15, 0.2) is 57.4 Å². The highest BCUT2D eigenvalue weighted by Crippen LogP contribution is 2.31. The van der Waals surface area contributed by atoms with Crippen LogP contribution in [0.25, 0.3) is 22.6 Å². The summed E-state index contributed by atoms with van der Waals surface area (Å²) in [4.78, 5) is 12.2. The first-order valence-electron chi connectivity index (χ1n) is 8.46. The zero-order valence-corrected chi connectivity index (χ0v) is 15.3. The minimum atomic E-state index is -0.420. The first kappa shape index (κ1) is 17.3. The molecule has 0 spiro atoms. The van der Waals surface area contributed by atoms with Gasteiger partial charge in [-0.1, -0.05) is 41.9 Å². The number of amides is 1. The molecule has 0 aliphatic carbocycles. The average Bonchev–Trinajstić information content (AvgIpc) is 3.29. The number of hydrogen-bond donors (Lipinski definition) is 1. The van der Waals surface area contributed by atoms with E-state index in [0.717, 1.165) is 22.1 Å². The van der Waals surface area contributed by atoms with Gasteiger partial charge in [0.1, 0.15) is 5.58 Å². The highest BCUT2D eigenvalue weighted by atomic mass is 35.5. The van der Waals surface area contributed by atoms with E-state index in [2.05, 4.69) is 15.5 Å². The van der Waals surface area contributed by atoms with E-state index in [1.165, 1.54) is 0 Å². The molecule has 0 radical (unpaired) electrons. The Hall–Kier alpha value is -3.12. The van der Waals surface area contributed by atoms with Crippen LogP contribution in [0.2, 0.25) is 5.02 Å². The molecule has 0 unspecified atom stereocenters. The third-order valence-corrected chi connectivity index (χ3v) is 4.52. The molecule has 0 bridgehead atoms. The Bertz CT molecular complexity index is 1100. The van der Waals surface area contributed by atoms with Gasteiger partial charge in [-0.3, -0.25) is 4.79 Å². The van der Waals surface area contributed by atoms with Crippen LogP contribution in [0.1, 0.15) is 21.8 Å². The number of carbonyl (C=O) groups excluding carboxylic acids is 1. The Morgan fingerprint density at radius 3 is 2.63 bits per heavy atom. The lowest BCUT2D eigenvalue weighted by molar-refractivity contribution is 0.0920. The summed E-state index contributed by atoms with van der Waals surface area (Å²) < 4.78 is 11.3. The molecule has 0 fully saturated rings. The highest BCUT2D eigenvalue weighted by molar-refractivity contribution is 6.30. The maximum absolute atomic E-state index is 12.2. The van der Waals surface area contributed by atoms with Gasteiger partial charge >= 0.3 is 11.8 Å². The molecule has 0 atom stereocenters. The second-order valence-corrected chi connectivity index (χ2v) is 6.53. The standard InChI is InChI=1S/C20H16ClN3O3/c1-12-15-4-2-3-5-16(15)26-17(12)19-23-24-20(27-19)18(25)22-11-10-13-6-8-14(21)9-7-13/h2-9H,10-11H2,1H3,(H,22,25). The van der Waals surface area contributed by atoms with Gasteiger partial charge in [0.15, 0.2) is 5.76 Å². The Morgan fingerprint density at radius 2 is 1.85 bits per heavy atom. The molecule has 2 heterocycles. The topological polar surface area (TPSA) is 81.2 Å². The van der Waals surface area contributed by atoms with E-state index < -0.39 is 5.91 Å². The Labute approximate surface area is 160 Å². The molecule has 0 saturated carbocycles. The minimum absolute atomic E-state index is 0.0963. The lowest BCUT2D eigenvalue weighted by atomic mass is 10.1. The second kappa shape index (κ2) is 7.25. The van der Waals surface area contributed by atoms with Gasteiger partial charge in [-0.25, -0.2) is 0 Å². The van der Waals surface area contributed by atoms with E-state index in [9.17, 15) is 4.79 Å². The first-order chi connectivity index (χ1) is 13.1. The minimum Gasteiger partial charge on any atom is -0.451 e. The monoisotopic (exact) mass is 381 g/mol. The van der Waals surface area contributed by atoms with Crippen molar-refractivity contribution in [1.29, 1.82) is 0 Å². The van der Waals surface area contributed by atoms with Crippen LogP contribution in [0, 0.1) is 6.92 Å². The van der Waals surface area contributed by atoms with Gasteiger partial charge in [-0.05, 0) is 37.1 Å². The summed E-state index contributed by atoms with van der Waals surface area (Å²) in [5, 5.41) is 12.2. The van der Waals surface area contributed by atoms with Gasteiger partial charge in [0.05, 0.1) is 0 Å². The second-order valence-electron chi connectivity index (χ2n) is 6.10. The van der Waals surface area contributed by atoms with E-state index in [-0.39, 0.29) is 11.8 Å². The van der Waals surface area contributed by atoms with E-state index in [1.54, 1.807) is 0 Å². The van der Waals surface area contributed by atoms with Crippen molar-refractivity contribution in [1.82, 2.24) is 15.5 Å². The fourth-order valence-electron chi connectivity index (χ4n) is 2.83. The molecule has 136 valence electrons. The van der Waals surface area contributed by atoms with Crippen LogP contribution in [0.4, 0.5) is 0 Å². The number of aryl methyl sites for hydroxylation is 1. The zero-order chi connectivity index (χ0) is 18.8. The van der Waals surface area contributed by atoms with Gasteiger partial charge in [0, 0.05) is 22.5 Å². The van der Waals surface area contributed by atoms with Crippen molar-refractivity contribution in [2.45, 2.75) is 13.3 Å². The van der Waals surface area contributed by atoms with Crippen molar-refractivity contribution < 1.29 is 13.6 Å². The number of nitrogens with zero attached hydrogens (tertiary/aromatic N) is 2. The van der Waals surface area contributed by atoms with Crippen molar-refractivity contribution in [3.63, 3.8) is 0 Å². The smallest absolute Gasteiger partial charge is 0.308 e. The number of furan rings is 1. The number of halogens is 1. The quantitative estimate of drug-likeness (QED) is 0.553. The van der Waals surface area contributed by atoms with Crippen LogP contribution in [-0.2, 0) is 6.42 Å². The summed E-state index contributed by atoms with van der Waals surface area (Å²) in [5.74, 6) is 0.146. The predicted octanol–water partition coefficient (Wildman–Crippen LogP) is 4.42. The Balaban J connectivity index is 1.44. The molecule has 2 aromatic carbocycles. The van der Waals surface area contributed by atoms with Crippen molar-refractivity contribution in [2.24, 2.45) is 0 Å². The van der Waals surface area contributed by atoms with Gasteiger partial charge in [-0.2, -0.15) is 0 Å².